The molecule has 0 saturated heterocycles. The van der Waals surface area contributed by atoms with Crippen molar-refractivity contribution in [3.63, 3.8) is 0 Å². The van der Waals surface area contributed by atoms with Crippen molar-refractivity contribution >= 4 is 5.82 Å². The lowest BCUT2D eigenvalue weighted by molar-refractivity contribution is 0.220. The molecule has 3 rings (SSSR count). The summed E-state index contributed by atoms with van der Waals surface area (Å²) in [6.07, 6.45) is 7.69. The van der Waals surface area contributed by atoms with Crippen molar-refractivity contribution in [3.8, 4) is 0 Å². The van der Waals surface area contributed by atoms with Gasteiger partial charge in [0.25, 0.3) is 0 Å². The van der Waals surface area contributed by atoms with Crippen LogP contribution in [-0.4, -0.2) is 16.5 Å². The van der Waals surface area contributed by atoms with Gasteiger partial charge in [-0.1, -0.05) is 13.8 Å². The van der Waals surface area contributed by atoms with Gasteiger partial charge in [0.1, 0.15) is 11.6 Å². The zero-order valence-electron chi connectivity index (χ0n) is 13.1. The summed E-state index contributed by atoms with van der Waals surface area (Å²) in [5, 5.41) is 3.38. The predicted molar refractivity (Wildman–Crippen MR) is 83.2 cm³/mol. The van der Waals surface area contributed by atoms with Gasteiger partial charge >= 0.3 is 0 Å². The molecule has 0 spiro atoms. The number of nitrogens with one attached hydrogen (secondary N) is 1. The van der Waals surface area contributed by atoms with Crippen LogP contribution in [0.5, 0.6) is 0 Å². The Morgan fingerprint density at radius 2 is 1.80 bits per heavy atom. The Morgan fingerprint density at radius 1 is 1.10 bits per heavy atom. The first-order chi connectivity index (χ1) is 9.57. The van der Waals surface area contributed by atoms with E-state index >= 15 is 0 Å². The highest BCUT2D eigenvalue weighted by Crippen LogP contribution is 2.43. The maximum Gasteiger partial charge on any atom is 0.134 e. The summed E-state index contributed by atoms with van der Waals surface area (Å²) in [6.45, 7) is 7.82. The Hall–Kier alpha value is -1.12. The molecular weight excluding hydrogens is 246 g/mol. The molecule has 2 saturated carbocycles. The highest BCUT2D eigenvalue weighted by Gasteiger charge is 2.31. The molecule has 0 unspecified atom stereocenters. The smallest absolute Gasteiger partial charge is 0.134 e. The summed E-state index contributed by atoms with van der Waals surface area (Å²) in [5.74, 6) is 3.40. The number of hydrogen-bond acceptors (Lipinski definition) is 3. The van der Waals surface area contributed by atoms with Gasteiger partial charge in [0, 0.05) is 30.1 Å². The van der Waals surface area contributed by atoms with Crippen molar-refractivity contribution < 1.29 is 0 Å². The van der Waals surface area contributed by atoms with Crippen LogP contribution >= 0.6 is 0 Å². The fourth-order valence-electron chi connectivity index (χ4n) is 3.19. The molecule has 1 aromatic heterocycles. The summed E-state index contributed by atoms with van der Waals surface area (Å²) in [6, 6.07) is 2.16. The van der Waals surface area contributed by atoms with E-state index in [2.05, 4.69) is 32.2 Å². The molecule has 0 atom stereocenters. The Kier molecular flexibility index (Phi) is 3.70. The van der Waals surface area contributed by atoms with Crippen molar-refractivity contribution in [2.75, 3.05) is 11.9 Å². The largest absolute Gasteiger partial charge is 0.370 e. The lowest BCUT2D eigenvalue weighted by Gasteiger charge is -2.33. The minimum absolute atomic E-state index is 0.509. The maximum absolute atomic E-state index is 4.90. The number of anilines is 1. The zero-order valence-corrected chi connectivity index (χ0v) is 13.1. The van der Waals surface area contributed by atoms with Gasteiger partial charge in [-0.15, -0.1) is 0 Å². The van der Waals surface area contributed by atoms with Crippen LogP contribution in [0.1, 0.15) is 82.7 Å². The molecule has 3 nitrogen and oxygen atoms in total. The van der Waals surface area contributed by atoms with Crippen molar-refractivity contribution in [3.05, 3.63) is 17.6 Å². The molecule has 0 aromatic carbocycles. The molecule has 2 aliphatic rings. The quantitative estimate of drug-likeness (QED) is 0.879. The normalized spacial score (nSPS) is 22.8. The molecule has 0 amide bonds. The van der Waals surface area contributed by atoms with E-state index in [-0.39, 0.29) is 0 Å². The van der Waals surface area contributed by atoms with E-state index in [0.717, 1.165) is 18.2 Å². The second-order valence-corrected chi connectivity index (χ2v) is 7.28. The molecular formula is C17H27N3. The van der Waals surface area contributed by atoms with E-state index in [4.69, 9.17) is 9.97 Å². The second kappa shape index (κ2) is 5.34. The Bertz CT molecular complexity index is 467. The standard InChI is InChI=1S/C17H27N3/c1-4-18-15-11-14(12-5-6-12)19-16(20-15)13-7-9-17(2,3)10-8-13/h11-13H,4-10H2,1-3H3,(H,18,19,20). The van der Waals surface area contributed by atoms with Gasteiger partial charge in [-0.05, 0) is 50.9 Å². The lowest BCUT2D eigenvalue weighted by atomic mass is 9.73. The molecule has 0 aliphatic heterocycles. The van der Waals surface area contributed by atoms with Gasteiger partial charge < -0.3 is 5.32 Å². The van der Waals surface area contributed by atoms with Crippen LogP contribution in [-0.2, 0) is 0 Å². The second-order valence-electron chi connectivity index (χ2n) is 7.28. The Morgan fingerprint density at radius 3 is 2.40 bits per heavy atom. The van der Waals surface area contributed by atoms with E-state index in [1.807, 2.05) is 0 Å². The highest BCUT2D eigenvalue weighted by atomic mass is 15.0. The summed E-state index contributed by atoms with van der Waals surface area (Å²) < 4.78 is 0. The van der Waals surface area contributed by atoms with Crippen molar-refractivity contribution in [2.24, 2.45) is 5.41 Å². The summed E-state index contributed by atoms with van der Waals surface area (Å²) in [5.41, 5.74) is 1.78. The molecule has 1 aromatic rings. The summed E-state index contributed by atoms with van der Waals surface area (Å²) in [4.78, 5) is 9.68. The van der Waals surface area contributed by atoms with Crippen LogP contribution in [0.15, 0.2) is 6.07 Å². The van der Waals surface area contributed by atoms with Gasteiger partial charge in [-0.2, -0.15) is 0 Å². The van der Waals surface area contributed by atoms with Crippen LogP contribution in [0.25, 0.3) is 0 Å². The molecule has 0 radical (unpaired) electrons. The fourth-order valence-corrected chi connectivity index (χ4v) is 3.19. The van der Waals surface area contributed by atoms with Gasteiger partial charge in [0.2, 0.25) is 0 Å². The number of aromatic nitrogens is 2. The number of hydrogen-bond donors (Lipinski definition) is 1. The van der Waals surface area contributed by atoms with Crippen LogP contribution in [0.2, 0.25) is 0 Å². The van der Waals surface area contributed by atoms with E-state index in [1.54, 1.807) is 0 Å². The minimum atomic E-state index is 0.509. The van der Waals surface area contributed by atoms with Crippen LogP contribution in [0.3, 0.4) is 0 Å². The van der Waals surface area contributed by atoms with E-state index in [9.17, 15) is 0 Å². The number of rotatable bonds is 4. The van der Waals surface area contributed by atoms with Crippen molar-refractivity contribution in [1.82, 2.24) is 9.97 Å². The van der Waals surface area contributed by atoms with Gasteiger partial charge in [0.15, 0.2) is 0 Å². The lowest BCUT2D eigenvalue weighted by Crippen LogP contribution is -2.22. The van der Waals surface area contributed by atoms with Gasteiger partial charge in [-0.25, -0.2) is 9.97 Å². The highest BCUT2D eigenvalue weighted by molar-refractivity contribution is 5.38. The Balaban J connectivity index is 1.81. The average Bonchev–Trinajstić information content (AvgIpc) is 3.23. The van der Waals surface area contributed by atoms with E-state index in [0.29, 0.717) is 17.3 Å². The first kappa shape index (κ1) is 13.8. The number of nitrogens with zero attached hydrogens (tertiary/aromatic N) is 2. The average molecular weight is 273 g/mol. The van der Waals surface area contributed by atoms with Crippen LogP contribution in [0.4, 0.5) is 5.82 Å². The van der Waals surface area contributed by atoms with Crippen LogP contribution < -0.4 is 5.32 Å². The first-order valence-corrected chi connectivity index (χ1v) is 8.20. The summed E-state index contributed by atoms with van der Waals surface area (Å²) in [7, 11) is 0. The first-order valence-electron chi connectivity index (χ1n) is 8.20. The SMILES string of the molecule is CCNc1cc(C2CC2)nc(C2CCC(C)(C)CC2)n1. The molecule has 20 heavy (non-hydrogen) atoms. The van der Waals surface area contributed by atoms with Gasteiger partial charge in [0.05, 0.1) is 0 Å². The molecule has 1 N–H and O–H groups in total. The third-order valence-electron chi connectivity index (χ3n) is 4.82. The molecule has 2 fully saturated rings. The zero-order chi connectivity index (χ0) is 14.2. The van der Waals surface area contributed by atoms with E-state index < -0.39 is 0 Å². The monoisotopic (exact) mass is 273 g/mol. The van der Waals surface area contributed by atoms with Gasteiger partial charge in [-0.3, -0.25) is 0 Å². The van der Waals surface area contributed by atoms with Crippen molar-refractivity contribution in [1.29, 1.82) is 0 Å². The van der Waals surface area contributed by atoms with Crippen molar-refractivity contribution in [2.45, 2.75) is 71.1 Å². The van der Waals surface area contributed by atoms with E-state index in [1.165, 1.54) is 44.2 Å². The summed E-state index contributed by atoms with van der Waals surface area (Å²) >= 11 is 0. The maximum atomic E-state index is 4.90. The Labute approximate surface area is 122 Å². The van der Waals surface area contributed by atoms with Crippen LogP contribution in [0, 0.1) is 5.41 Å². The molecule has 3 heteroatoms. The third-order valence-corrected chi connectivity index (χ3v) is 4.82. The fraction of sp³-hybridized carbons (Fsp3) is 0.765. The predicted octanol–water partition coefficient (Wildman–Crippen LogP) is 4.47. The molecule has 2 aliphatic carbocycles. The molecule has 0 bridgehead atoms. The topological polar surface area (TPSA) is 37.8 Å². The third kappa shape index (κ3) is 3.13. The molecule has 110 valence electrons. The minimum Gasteiger partial charge on any atom is -0.370 e. The molecule has 1 heterocycles.